The van der Waals surface area contributed by atoms with E-state index in [4.69, 9.17) is 11.6 Å². The van der Waals surface area contributed by atoms with Crippen LogP contribution in [0.2, 0.25) is 5.15 Å². The van der Waals surface area contributed by atoms with Crippen molar-refractivity contribution in [3.05, 3.63) is 16.4 Å². The summed E-state index contributed by atoms with van der Waals surface area (Å²) >= 11 is 6.01. The molecule has 1 unspecified atom stereocenters. The second-order valence-corrected chi connectivity index (χ2v) is 4.67. The van der Waals surface area contributed by atoms with Crippen molar-refractivity contribution in [3.63, 3.8) is 0 Å². The van der Waals surface area contributed by atoms with Crippen LogP contribution in [0.4, 0.5) is 0 Å². The van der Waals surface area contributed by atoms with E-state index >= 15 is 0 Å². The topological polar surface area (TPSA) is 55.1 Å². The smallest absolute Gasteiger partial charge is 0.166 e. The molecule has 0 bridgehead atoms. The minimum absolute atomic E-state index is 0.0803. The Bertz CT molecular complexity index is 399. The predicted molar refractivity (Wildman–Crippen MR) is 62.5 cm³/mol. The summed E-state index contributed by atoms with van der Waals surface area (Å²) in [6.07, 6.45) is -0.798. The highest BCUT2D eigenvalue weighted by Gasteiger charge is 2.22. The van der Waals surface area contributed by atoms with Crippen LogP contribution in [-0.4, -0.2) is 26.8 Å². The Morgan fingerprint density at radius 1 is 1.56 bits per heavy atom. The highest BCUT2D eigenvalue weighted by Crippen LogP contribution is 2.20. The van der Waals surface area contributed by atoms with Crippen molar-refractivity contribution in [1.82, 2.24) is 9.78 Å². The lowest BCUT2D eigenvalue weighted by Gasteiger charge is -2.12. The first-order valence-corrected chi connectivity index (χ1v) is 5.61. The fraction of sp³-hybridized carbons (Fsp3) is 0.636. The van der Waals surface area contributed by atoms with E-state index in [9.17, 15) is 9.90 Å². The first-order valence-electron chi connectivity index (χ1n) is 5.23. The van der Waals surface area contributed by atoms with Gasteiger partial charge in [-0.05, 0) is 12.8 Å². The lowest BCUT2D eigenvalue weighted by atomic mass is 9.98. The Morgan fingerprint density at radius 2 is 2.12 bits per heavy atom. The van der Waals surface area contributed by atoms with Crippen molar-refractivity contribution < 1.29 is 9.90 Å². The van der Waals surface area contributed by atoms with Gasteiger partial charge in [-0.2, -0.15) is 5.10 Å². The summed E-state index contributed by atoms with van der Waals surface area (Å²) in [7, 11) is 1.72. The Labute approximate surface area is 100 Å². The maximum absolute atomic E-state index is 11.7. The van der Waals surface area contributed by atoms with Crippen LogP contribution >= 0.6 is 11.6 Å². The Morgan fingerprint density at radius 3 is 2.50 bits per heavy atom. The number of halogens is 1. The Balaban J connectivity index is 2.85. The molecule has 0 aromatic carbocycles. The van der Waals surface area contributed by atoms with Crippen LogP contribution in [0.3, 0.4) is 0 Å². The SMILES string of the molecule is Cc1nn(C)c(Cl)c1CC(=O)C(O)C(C)C. The molecule has 90 valence electrons. The molecule has 0 fully saturated rings. The van der Waals surface area contributed by atoms with Crippen LogP contribution in [0, 0.1) is 12.8 Å². The van der Waals surface area contributed by atoms with Crippen LogP contribution in [0.25, 0.3) is 0 Å². The van der Waals surface area contributed by atoms with Gasteiger partial charge >= 0.3 is 0 Å². The fourth-order valence-corrected chi connectivity index (χ4v) is 1.77. The summed E-state index contributed by atoms with van der Waals surface area (Å²) in [5.41, 5.74) is 1.44. The third-order valence-corrected chi connectivity index (χ3v) is 3.05. The molecule has 16 heavy (non-hydrogen) atoms. The molecule has 0 spiro atoms. The van der Waals surface area contributed by atoms with Crippen LogP contribution < -0.4 is 0 Å². The first-order chi connectivity index (χ1) is 7.34. The Hall–Kier alpha value is -0.870. The predicted octanol–water partition coefficient (Wildman–Crippen LogP) is 1.51. The monoisotopic (exact) mass is 244 g/mol. The van der Waals surface area contributed by atoms with Gasteiger partial charge in [0.15, 0.2) is 5.78 Å². The molecule has 1 aromatic rings. The van der Waals surface area contributed by atoms with Gasteiger partial charge < -0.3 is 5.11 Å². The molecule has 4 nitrogen and oxygen atoms in total. The molecule has 1 N–H and O–H groups in total. The number of aliphatic hydroxyl groups is 1. The van der Waals surface area contributed by atoms with Crippen molar-refractivity contribution in [1.29, 1.82) is 0 Å². The zero-order chi connectivity index (χ0) is 12.5. The normalized spacial score (nSPS) is 13.2. The number of hydrogen-bond donors (Lipinski definition) is 1. The minimum atomic E-state index is -0.935. The molecule has 1 heterocycles. The second kappa shape index (κ2) is 4.97. The lowest BCUT2D eigenvalue weighted by molar-refractivity contribution is -0.128. The number of aromatic nitrogens is 2. The molecular formula is C11H17ClN2O2. The van der Waals surface area contributed by atoms with Gasteiger partial charge in [-0.3, -0.25) is 9.48 Å². The van der Waals surface area contributed by atoms with Gasteiger partial charge in [-0.1, -0.05) is 25.4 Å². The zero-order valence-corrected chi connectivity index (χ0v) is 10.7. The summed E-state index contributed by atoms with van der Waals surface area (Å²) in [5, 5.41) is 14.2. The van der Waals surface area contributed by atoms with Crippen molar-refractivity contribution in [2.45, 2.75) is 33.3 Å². The standard InChI is InChI=1S/C11H17ClN2O2/c1-6(2)10(16)9(15)5-8-7(3)13-14(4)11(8)12/h6,10,16H,5H2,1-4H3. The number of carbonyl (C=O) groups excluding carboxylic acids is 1. The third kappa shape index (κ3) is 2.62. The van der Waals surface area contributed by atoms with Gasteiger partial charge in [0.25, 0.3) is 0 Å². The zero-order valence-electron chi connectivity index (χ0n) is 9.99. The number of aryl methyl sites for hydroxylation is 2. The van der Waals surface area contributed by atoms with Gasteiger partial charge in [-0.25, -0.2) is 0 Å². The molecule has 0 radical (unpaired) electrons. The van der Waals surface area contributed by atoms with Crippen LogP contribution in [0.15, 0.2) is 0 Å². The minimum Gasteiger partial charge on any atom is -0.385 e. The van der Waals surface area contributed by atoms with Gasteiger partial charge in [0, 0.05) is 19.0 Å². The molecular weight excluding hydrogens is 228 g/mol. The lowest BCUT2D eigenvalue weighted by Crippen LogP contribution is -2.27. The van der Waals surface area contributed by atoms with E-state index in [-0.39, 0.29) is 18.1 Å². The highest BCUT2D eigenvalue weighted by atomic mass is 35.5. The molecule has 0 saturated heterocycles. The number of Topliss-reactive ketones (excluding diaryl/α,β-unsaturated/α-hetero) is 1. The Kier molecular flexibility index (Phi) is 4.10. The molecule has 0 aliphatic heterocycles. The molecule has 0 saturated carbocycles. The second-order valence-electron chi connectivity index (χ2n) is 4.31. The summed E-state index contributed by atoms with van der Waals surface area (Å²) in [6.45, 7) is 5.41. The van der Waals surface area contributed by atoms with Gasteiger partial charge in [-0.15, -0.1) is 0 Å². The van der Waals surface area contributed by atoms with Crippen molar-refractivity contribution in [3.8, 4) is 0 Å². The molecule has 1 atom stereocenters. The molecule has 1 rings (SSSR count). The average Bonchev–Trinajstić information content (AvgIpc) is 2.43. The van der Waals surface area contributed by atoms with Crippen LogP contribution in [0.5, 0.6) is 0 Å². The van der Waals surface area contributed by atoms with Crippen LogP contribution in [0.1, 0.15) is 25.1 Å². The number of rotatable bonds is 4. The van der Waals surface area contributed by atoms with Gasteiger partial charge in [0.2, 0.25) is 0 Å². The third-order valence-electron chi connectivity index (χ3n) is 2.58. The first kappa shape index (κ1) is 13.2. The van der Waals surface area contributed by atoms with E-state index in [0.29, 0.717) is 10.7 Å². The number of aliphatic hydroxyl groups excluding tert-OH is 1. The molecule has 5 heteroatoms. The van der Waals surface area contributed by atoms with E-state index < -0.39 is 6.10 Å². The summed E-state index contributed by atoms with van der Waals surface area (Å²) in [6, 6.07) is 0. The summed E-state index contributed by atoms with van der Waals surface area (Å²) < 4.78 is 1.53. The highest BCUT2D eigenvalue weighted by molar-refractivity contribution is 6.30. The van der Waals surface area contributed by atoms with E-state index in [0.717, 1.165) is 5.69 Å². The fourth-order valence-electron chi connectivity index (χ4n) is 1.53. The molecule has 0 aliphatic rings. The maximum atomic E-state index is 11.7. The van der Waals surface area contributed by atoms with Crippen LogP contribution in [-0.2, 0) is 18.3 Å². The molecule has 0 amide bonds. The average molecular weight is 245 g/mol. The largest absolute Gasteiger partial charge is 0.385 e. The van der Waals surface area contributed by atoms with Gasteiger partial charge in [0.05, 0.1) is 5.69 Å². The maximum Gasteiger partial charge on any atom is 0.166 e. The summed E-state index contributed by atoms with van der Waals surface area (Å²) in [5.74, 6) is -0.295. The molecule has 1 aromatic heterocycles. The number of carbonyl (C=O) groups is 1. The number of hydrogen-bond acceptors (Lipinski definition) is 3. The van der Waals surface area contributed by atoms with Crippen molar-refractivity contribution >= 4 is 17.4 Å². The quantitative estimate of drug-likeness (QED) is 0.874. The van der Waals surface area contributed by atoms with E-state index in [2.05, 4.69) is 5.10 Å². The number of nitrogens with zero attached hydrogens (tertiary/aromatic N) is 2. The summed E-state index contributed by atoms with van der Waals surface area (Å²) in [4.78, 5) is 11.7. The number of ketones is 1. The van der Waals surface area contributed by atoms with E-state index in [1.807, 2.05) is 0 Å². The van der Waals surface area contributed by atoms with Gasteiger partial charge in [0.1, 0.15) is 11.3 Å². The van der Waals surface area contributed by atoms with E-state index in [1.54, 1.807) is 27.8 Å². The van der Waals surface area contributed by atoms with Crippen molar-refractivity contribution in [2.75, 3.05) is 0 Å². The van der Waals surface area contributed by atoms with Crippen molar-refractivity contribution in [2.24, 2.45) is 13.0 Å². The molecule has 0 aliphatic carbocycles. The van der Waals surface area contributed by atoms with E-state index in [1.165, 1.54) is 4.68 Å².